The first kappa shape index (κ1) is 23.3. The molecule has 162 valence electrons. The van der Waals surface area contributed by atoms with Crippen LogP contribution in [0.2, 0.25) is 0 Å². The molecular weight excluding hydrogens is 380 g/mol. The highest BCUT2D eigenvalue weighted by atomic mass is 16.5. The van der Waals surface area contributed by atoms with E-state index in [0.29, 0.717) is 29.3 Å². The summed E-state index contributed by atoms with van der Waals surface area (Å²) >= 11 is 0. The van der Waals surface area contributed by atoms with Crippen LogP contribution in [0, 0.1) is 0 Å². The van der Waals surface area contributed by atoms with E-state index in [9.17, 15) is 9.59 Å². The first-order chi connectivity index (χ1) is 14.5. The number of likely N-dealkylation sites (N-methyl/N-ethyl adjacent to an activating group) is 1. The highest BCUT2D eigenvalue weighted by Crippen LogP contribution is 2.33. The van der Waals surface area contributed by atoms with Crippen molar-refractivity contribution in [1.82, 2.24) is 9.80 Å². The highest BCUT2D eigenvalue weighted by Gasteiger charge is 2.33. The molecular formula is C23H32N4O3. The minimum Gasteiger partial charge on any atom is -0.494 e. The maximum atomic E-state index is 12.0. The Balaban J connectivity index is 2.73. The second-order valence-corrected chi connectivity index (χ2v) is 7.53. The smallest absolute Gasteiger partial charge is 0.155 e. The van der Waals surface area contributed by atoms with Gasteiger partial charge in [-0.1, -0.05) is 19.8 Å². The number of amidine groups is 1. The van der Waals surface area contributed by atoms with Gasteiger partial charge in [0.1, 0.15) is 24.0 Å². The van der Waals surface area contributed by atoms with E-state index in [-0.39, 0.29) is 12.1 Å². The van der Waals surface area contributed by atoms with Gasteiger partial charge in [-0.25, -0.2) is 4.99 Å². The third-order valence-corrected chi connectivity index (χ3v) is 5.39. The number of ether oxygens (including phenoxy) is 1. The van der Waals surface area contributed by atoms with Crippen molar-refractivity contribution >= 4 is 30.8 Å². The third kappa shape index (κ3) is 5.34. The predicted molar refractivity (Wildman–Crippen MR) is 121 cm³/mol. The molecule has 0 aliphatic heterocycles. The zero-order valence-electron chi connectivity index (χ0n) is 18.4. The van der Waals surface area contributed by atoms with Gasteiger partial charge in [0.15, 0.2) is 5.84 Å². The van der Waals surface area contributed by atoms with Gasteiger partial charge in [-0.15, -0.1) is 0 Å². The number of aldehydes is 2. The summed E-state index contributed by atoms with van der Waals surface area (Å²) in [5.74, 6) is 1.14. The minimum atomic E-state index is -0.305. The number of benzene rings is 1. The molecule has 0 aromatic heterocycles. The van der Waals surface area contributed by atoms with E-state index in [2.05, 4.69) is 16.6 Å². The summed E-state index contributed by atoms with van der Waals surface area (Å²) in [6, 6.07) is 5.03. The van der Waals surface area contributed by atoms with Crippen LogP contribution in [-0.2, 0) is 4.79 Å². The summed E-state index contributed by atoms with van der Waals surface area (Å²) in [5.41, 5.74) is 1.84. The Morgan fingerprint density at radius 3 is 2.50 bits per heavy atom. The van der Waals surface area contributed by atoms with Gasteiger partial charge in [0, 0.05) is 25.7 Å². The molecule has 0 N–H and O–H groups in total. The van der Waals surface area contributed by atoms with E-state index in [4.69, 9.17) is 9.73 Å². The van der Waals surface area contributed by atoms with Crippen molar-refractivity contribution in [2.75, 3.05) is 21.2 Å². The van der Waals surface area contributed by atoms with Crippen molar-refractivity contribution in [3.63, 3.8) is 0 Å². The molecule has 0 heterocycles. The fourth-order valence-electron chi connectivity index (χ4n) is 3.82. The molecule has 0 bridgehead atoms. The first-order valence-electron chi connectivity index (χ1n) is 10.3. The second kappa shape index (κ2) is 11.3. The Labute approximate surface area is 179 Å². The lowest BCUT2D eigenvalue weighted by atomic mass is 10.1. The lowest BCUT2D eigenvalue weighted by Crippen LogP contribution is -2.49. The van der Waals surface area contributed by atoms with Crippen molar-refractivity contribution in [2.45, 2.75) is 51.1 Å². The number of hydrogen-bond acceptors (Lipinski definition) is 6. The van der Waals surface area contributed by atoms with Gasteiger partial charge in [0.2, 0.25) is 0 Å². The number of carbonyl (C=O) groups excluding carboxylic acids is 2. The Bertz CT molecular complexity index is 811. The summed E-state index contributed by atoms with van der Waals surface area (Å²) in [4.78, 5) is 36.2. The van der Waals surface area contributed by atoms with Gasteiger partial charge in [-0.05, 0) is 44.2 Å². The van der Waals surface area contributed by atoms with Crippen LogP contribution in [0.4, 0.5) is 5.69 Å². The van der Waals surface area contributed by atoms with Crippen molar-refractivity contribution in [3.05, 3.63) is 35.7 Å². The van der Waals surface area contributed by atoms with Crippen molar-refractivity contribution in [3.8, 4) is 5.75 Å². The lowest BCUT2D eigenvalue weighted by Gasteiger charge is -2.38. The summed E-state index contributed by atoms with van der Waals surface area (Å²) in [5, 5.41) is 0. The molecule has 1 atom stereocenters. The van der Waals surface area contributed by atoms with E-state index in [0.717, 1.165) is 44.0 Å². The van der Waals surface area contributed by atoms with E-state index >= 15 is 0 Å². The summed E-state index contributed by atoms with van der Waals surface area (Å²) in [6.45, 7) is 5.61. The van der Waals surface area contributed by atoms with E-state index in [1.165, 1.54) is 0 Å². The SMILES string of the molecule is C=N/C=C(\C(=N/c1ccc(C=O)cc1OC)N(C(C=O)CC)C1CCCC1)N(C)C. The molecule has 0 spiro atoms. The van der Waals surface area contributed by atoms with Crippen LogP contribution < -0.4 is 4.74 Å². The number of nitrogens with zero attached hydrogens (tertiary/aromatic N) is 4. The summed E-state index contributed by atoms with van der Waals surface area (Å²) in [7, 11) is 5.37. The van der Waals surface area contributed by atoms with Gasteiger partial charge in [0.25, 0.3) is 0 Å². The van der Waals surface area contributed by atoms with Gasteiger partial charge in [0.05, 0.1) is 25.0 Å². The van der Waals surface area contributed by atoms with Crippen LogP contribution in [0.15, 0.2) is 40.1 Å². The minimum absolute atomic E-state index is 0.215. The molecule has 7 heteroatoms. The van der Waals surface area contributed by atoms with E-state index in [1.807, 2.05) is 25.9 Å². The first-order valence-corrected chi connectivity index (χ1v) is 10.3. The number of hydrogen-bond donors (Lipinski definition) is 0. The Kier molecular flexibility index (Phi) is 8.77. The molecule has 0 radical (unpaired) electrons. The maximum Gasteiger partial charge on any atom is 0.155 e. The Hall–Kier alpha value is -2.96. The van der Waals surface area contributed by atoms with Gasteiger partial charge in [-0.3, -0.25) is 9.79 Å². The van der Waals surface area contributed by atoms with Crippen LogP contribution in [0.25, 0.3) is 0 Å². The topological polar surface area (TPSA) is 74.6 Å². The standard InChI is InChI=1S/C23H32N4O3/c1-6-18(16-29)27(19-9-7-8-10-19)23(21(14-24-2)26(3)4)25-20-12-11-17(15-28)13-22(20)30-5/h11-16,18-19H,2,6-10H2,1,3-5H3/b21-14+,25-23+. The van der Waals surface area contributed by atoms with Gasteiger partial charge >= 0.3 is 0 Å². The molecule has 7 nitrogen and oxygen atoms in total. The molecule has 1 unspecified atom stereocenters. The van der Waals surface area contributed by atoms with Crippen LogP contribution in [0.1, 0.15) is 49.4 Å². The fraction of sp³-hybridized carbons (Fsp3) is 0.478. The number of rotatable bonds is 10. The number of methoxy groups -OCH3 is 1. The molecule has 0 saturated heterocycles. The van der Waals surface area contributed by atoms with Crippen LogP contribution in [0.3, 0.4) is 0 Å². The van der Waals surface area contributed by atoms with E-state index < -0.39 is 0 Å². The number of carbonyl (C=O) groups is 2. The average Bonchev–Trinajstić information content (AvgIpc) is 3.28. The predicted octanol–water partition coefficient (Wildman–Crippen LogP) is 3.86. The lowest BCUT2D eigenvalue weighted by molar-refractivity contribution is -0.111. The van der Waals surface area contributed by atoms with Crippen molar-refractivity contribution in [1.29, 1.82) is 0 Å². The number of aliphatic imine (C=N–C) groups is 2. The Morgan fingerprint density at radius 2 is 2.00 bits per heavy atom. The zero-order valence-corrected chi connectivity index (χ0v) is 18.4. The summed E-state index contributed by atoms with van der Waals surface area (Å²) in [6.07, 6.45) is 8.36. The maximum absolute atomic E-state index is 12.0. The van der Waals surface area contributed by atoms with Crippen molar-refractivity contribution in [2.24, 2.45) is 9.98 Å². The zero-order chi connectivity index (χ0) is 22.1. The molecule has 1 fully saturated rings. The molecule has 30 heavy (non-hydrogen) atoms. The molecule has 2 rings (SSSR count). The quantitative estimate of drug-likeness (QED) is 0.331. The van der Waals surface area contributed by atoms with E-state index in [1.54, 1.807) is 31.5 Å². The molecule has 1 saturated carbocycles. The van der Waals surface area contributed by atoms with Gasteiger partial charge < -0.3 is 19.3 Å². The molecule has 1 aliphatic carbocycles. The molecule has 1 aromatic rings. The van der Waals surface area contributed by atoms with Crippen molar-refractivity contribution < 1.29 is 14.3 Å². The van der Waals surface area contributed by atoms with Gasteiger partial charge in [-0.2, -0.15) is 0 Å². The molecule has 0 amide bonds. The molecule has 1 aromatic carbocycles. The molecule has 1 aliphatic rings. The largest absolute Gasteiger partial charge is 0.494 e. The Morgan fingerprint density at radius 1 is 1.30 bits per heavy atom. The average molecular weight is 413 g/mol. The highest BCUT2D eigenvalue weighted by molar-refractivity contribution is 6.01. The van der Waals surface area contributed by atoms with Crippen LogP contribution >= 0.6 is 0 Å². The second-order valence-electron chi connectivity index (χ2n) is 7.53. The fourth-order valence-corrected chi connectivity index (χ4v) is 3.82. The van der Waals surface area contributed by atoms with Crippen LogP contribution in [-0.4, -0.2) is 68.2 Å². The van der Waals surface area contributed by atoms with Crippen LogP contribution in [0.5, 0.6) is 5.75 Å². The monoisotopic (exact) mass is 412 g/mol. The third-order valence-electron chi connectivity index (χ3n) is 5.39. The summed E-state index contributed by atoms with van der Waals surface area (Å²) < 4.78 is 5.48. The normalized spacial score (nSPS) is 16.1.